The Morgan fingerprint density at radius 3 is 2.30 bits per heavy atom. The molecule has 3 aromatic carbocycles. The highest BCUT2D eigenvalue weighted by atomic mass is 16.5. The van der Waals surface area contributed by atoms with Gasteiger partial charge in [0.2, 0.25) is 5.91 Å². The molecule has 0 aliphatic rings. The number of hydrogen-bond donors (Lipinski definition) is 2. The quantitative estimate of drug-likeness (QED) is 0.320. The van der Waals surface area contributed by atoms with Gasteiger partial charge in [-0.3, -0.25) is 4.79 Å². The van der Waals surface area contributed by atoms with Gasteiger partial charge in [-0.2, -0.15) is 0 Å². The van der Waals surface area contributed by atoms with Crippen LogP contribution in [0.3, 0.4) is 0 Å². The number of carboxylic acids is 1. The van der Waals surface area contributed by atoms with Crippen LogP contribution in [0.25, 0.3) is 0 Å². The van der Waals surface area contributed by atoms with Gasteiger partial charge in [-0.05, 0) is 67.5 Å². The molecule has 3 aromatic rings. The molecule has 5 nitrogen and oxygen atoms in total. The lowest BCUT2D eigenvalue weighted by Crippen LogP contribution is -2.18. The van der Waals surface area contributed by atoms with Crippen LogP contribution in [0.5, 0.6) is 5.75 Å². The monoisotopic (exact) mass is 441 g/mol. The van der Waals surface area contributed by atoms with E-state index in [0.717, 1.165) is 37.0 Å². The van der Waals surface area contributed by atoms with Crippen molar-refractivity contribution in [1.82, 2.24) is 0 Å². The molecule has 3 rings (SSSR count). The first-order chi connectivity index (χ1) is 16.0. The summed E-state index contributed by atoms with van der Waals surface area (Å²) in [6.45, 7) is 0.691. The van der Waals surface area contributed by atoms with Crippen LogP contribution in [0.1, 0.15) is 47.2 Å². The topological polar surface area (TPSA) is 75.6 Å². The van der Waals surface area contributed by atoms with E-state index in [0.29, 0.717) is 18.7 Å². The SMILES string of the molecule is [B]c1ccc(NC(=O)CCc2ccc(OCCCCCc3ccccc3)cc2)cc1C(=O)O. The Morgan fingerprint density at radius 1 is 0.848 bits per heavy atom. The highest BCUT2D eigenvalue weighted by Gasteiger charge is 2.09. The molecule has 33 heavy (non-hydrogen) atoms. The van der Waals surface area contributed by atoms with Gasteiger partial charge < -0.3 is 15.2 Å². The van der Waals surface area contributed by atoms with E-state index in [1.807, 2.05) is 30.3 Å². The molecule has 6 heteroatoms. The number of rotatable bonds is 12. The summed E-state index contributed by atoms with van der Waals surface area (Å²) in [5.74, 6) is -0.487. The average molecular weight is 441 g/mol. The second kappa shape index (κ2) is 12.5. The third kappa shape index (κ3) is 8.15. The smallest absolute Gasteiger partial charge is 0.335 e. The Labute approximate surface area is 196 Å². The number of unbranched alkanes of at least 4 members (excludes halogenated alkanes) is 2. The number of carboxylic acid groups (broad SMARTS) is 1. The Hall–Kier alpha value is -3.54. The van der Waals surface area contributed by atoms with Crippen LogP contribution in [0.15, 0.2) is 72.8 Å². The van der Waals surface area contributed by atoms with E-state index in [2.05, 4.69) is 29.6 Å². The van der Waals surface area contributed by atoms with E-state index < -0.39 is 5.97 Å². The maximum absolute atomic E-state index is 12.2. The summed E-state index contributed by atoms with van der Waals surface area (Å²) in [6.07, 6.45) is 5.26. The van der Waals surface area contributed by atoms with Crippen LogP contribution < -0.4 is 15.5 Å². The number of ether oxygens (including phenoxy) is 1. The van der Waals surface area contributed by atoms with Gasteiger partial charge in [-0.1, -0.05) is 54.0 Å². The van der Waals surface area contributed by atoms with Crippen molar-refractivity contribution in [3.8, 4) is 5.75 Å². The zero-order valence-electron chi connectivity index (χ0n) is 18.6. The van der Waals surface area contributed by atoms with Gasteiger partial charge in [-0.15, -0.1) is 0 Å². The highest BCUT2D eigenvalue weighted by molar-refractivity contribution is 6.36. The summed E-state index contributed by atoms with van der Waals surface area (Å²) < 4.78 is 5.82. The molecule has 0 aromatic heterocycles. The number of carbonyl (C=O) groups is 2. The number of amides is 1. The van der Waals surface area contributed by atoms with Crippen LogP contribution >= 0.6 is 0 Å². The van der Waals surface area contributed by atoms with Gasteiger partial charge in [0, 0.05) is 12.1 Å². The first kappa shape index (κ1) is 24.1. The van der Waals surface area contributed by atoms with Crippen molar-refractivity contribution in [2.24, 2.45) is 0 Å². The average Bonchev–Trinajstić information content (AvgIpc) is 2.82. The predicted molar refractivity (Wildman–Crippen MR) is 132 cm³/mol. The molecule has 0 saturated heterocycles. The molecule has 0 aliphatic carbocycles. The van der Waals surface area contributed by atoms with Gasteiger partial charge in [0.25, 0.3) is 0 Å². The van der Waals surface area contributed by atoms with E-state index in [-0.39, 0.29) is 23.4 Å². The molecular formula is C27H28BNO4. The number of nitrogens with one attached hydrogen (secondary N) is 1. The fourth-order valence-electron chi connectivity index (χ4n) is 3.50. The van der Waals surface area contributed by atoms with Crippen LogP contribution in [0.2, 0.25) is 0 Å². The van der Waals surface area contributed by atoms with Crippen LogP contribution in [-0.2, 0) is 17.6 Å². The Bertz CT molecular complexity index is 1050. The first-order valence-corrected chi connectivity index (χ1v) is 11.2. The molecule has 0 spiro atoms. The number of benzene rings is 3. The largest absolute Gasteiger partial charge is 0.494 e. The third-order valence-corrected chi connectivity index (χ3v) is 5.35. The predicted octanol–water partition coefficient (Wildman–Crippen LogP) is 4.54. The third-order valence-electron chi connectivity index (χ3n) is 5.35. The maximum atomic E-state index is 12.2. The maximum Gasteiger partial charge on any atom is 0.335 e. The molecular weight excluding hydrogens is 413 g/mol. The molecule has 0 heterocycles. The van der Waals surface area contributed by atoms with Gasteiger partial charge in [-0.25, -0.2) is 4.79 Å². The standard InChI is InChI=1S/C27H28BNO4/c28-25-16-13-22(19-24(25)27(31)32)29-26(30)17-12-21-10-14-23(15-11-21)33-18-6-2-5-9-20-7-3-1-4-8-20/h1,3-4,7-8,10-11,13-16,19H,2,5-6,9,12,17-18H2,(H,29,30)(H,31,32). The van der Waals surface area contributed by atoms with E-state index >= 15 is 0 Å². The highest BCUT2D eigenvalue weighted by Crippen LogP contribution is 2.15. The normalized spacial score (nSPS) is 10.5. The molecule has 0 bridgehead atoms. The summed E-state index contributed by atoms with van der Waals surface area (Å²) >= 11 is 0. The number of aromatic carboxylic acids is 1. The van der Waals surface area contributed by atoms with Crippen molar-refractivity contribution in [3.05, 3.63) is 89.5 Å². The van der Waals surface area contributed by atoms with Gasteiger partial charge in [0.1, 0.15) is 13.6 Å². The Morgan fingerprint density at radius 2 is 1.58 bits per heavy atom. The fraction of sp³-hybridized carbons (Fsp3) is 0.259. The van der Waals surface area contributed by atoms with Crippen LogP contribution in [0.4, 0.5) is 5.69 Å². The molecule has 0 unspecified atom stereocenters. The summed E-state index contributed by atoms with van der Waals surface area (Å²) in [4.78, 5) is 23.4. The lowest BCUT2D eigenvalue weighted by molar-refractivity contribution is -0.116. The summed E-state index contributed by atoms with van der Waals surface area (Å²) in [7, 11) is 5.64. The minimum absolute atomic E-state index is 0.0282. The molecule has 168 valence electrons. The molecule has 0 fully saturated rings. The van der Waals surface area contributed by atoms with Crippen molar-refractivity contribution in [2.75, 3.05) is 11.9 Å². The molecule has 1 amide bonds. The second-order valence-electron chi connectivity index (χ2n) is 7.94. The fourth-order valence-corrected chi connectivity index (χ4v) is 3.50. The van der Waals surface area contributed by atoms with E-state index in [4.69, 9.17) is 17.7 Å². The van der Waals surface area contributed by atoms with Crippen molar-refractivity contribution < 1.29 is 19.4 Å². The zero-order chi connectivity index (χ0) is 23.5. The minimum Gasteiger partial charge on any atom is -0.494 e. The number of anilines is 1. The second-order valence-corrected chi connectivity index (χ2v) is 7.94. The van der Waals surface area contributed by atoms with Gasteiger partial charge in [0.15, 0.2) is 0 Å². The van der Waals surface area contributed by atoms with E-state index in [1.54, 1.807) is 6.07 Å². The van der Waals surface area contributed by atoms with Gasteiger partial charge in [0.05, 0.1) is 12.2 Å². The molecule has 0 saturated carbocycles. The van der Waals surface area contributed by atoms with Gasteiger partial charge >= 0.3 is 5.97 Å². The lowest BCUT2D eigenvalue weighted by Gasteiger charge is -2.09. The molecule has 0 atom stereocenters. The minimum atomic E-state index is -1.13. The van der Waals surface area contributed by atoms with E-state index in [9.17, 15) is 9.59 Å². The summed E-state index contributed by atoms with van der Waals surface area (Å²) in [6, 6.07) is 22.7. The summed E-state index contributed by atoms with van der Waals surface area (Å²) in [5.41, 5.74) is 2.96. The lowest BCUT2D eigenvalue weighted by atomic mass is 9.90. The van der Waals surface area contributed by atoms with Crippen LogP contribution in [-0.4, -0.2) is 31.4 Å². The van der Waals surface area contributed by atoms with Crippen molar-refractivity contribution in [3.63, 3.8) is 0 Å². The number of hydrogen-bond acceptors (Lipinski definition) is 3. The number of aryl methyl sites for hydroxylation is 2. The first-order valence-electron chi connectivity index (χ1n) is 11.2. The Balaban J connectivity index is 1.34. The van der Waals surface area contributed by atoms with Crippen molar-refractivity contribution in [1.29, 1.82) is 0 Å². The van der Waals surface area contributed by atoms with Crippen molar-refractivity contribution >= 4 is 30.9 Å². The molecule has 2 N–H and O–H groups in total. The van der Waals surface area contributed by atoms with Crippen LogP contribution in [0, 0.1) is 0 Å². The number of carbonyl (C=O) groups excluding carboxylic acids is 1. The summed E-state index contributed by atoms with van der Waals surface area (Å²) in [5, 5.41) is 11.8. The molecule has 2 radical (unpaired) electrons. The van der Waals surface area contributed by atoms with E-state index in [1.165, 1.54) is 17.7 Å². The Kier molecular flexibility index (Phi) is 9.13. The zero-order valence-corrected chi connectivity index (χ0v) is 18.6. The van der Waals surface area contributed by atoms with Crippen molar-refractivity contribution in [2.45, 2.75) is 38.5 Å². The molecule has 0 aliphatic heterocycles.